The predicted octanol–water partition coefficient (Wildman–Crippen LogP) is 2.07. The van der Waals surface area contributed by atoms with Gasteiger partial charge in [-0.3, -0.25) is 0 Å². The van der Waals surface area contributed by atoms with Gasteiger partial charge in [0.1, 0.15) is 5.58 Å². The van der Waals surface area contributed by atoms with Gasteiger partial charge < -0.3 is 10.3 Å². The van der Waals surface area contributed by atoms with Gasteiger partial charge in [0.25, 0.3) is 0 Å². The second-order valence-corrected chi connectivity index (χ2v) is 3.76. The van der Waals surface area contributed by atoms with Gasteiger partial charge in [0, 0.05) is 5.39 Å². The van der Waals surface area contributed by atoms with Gasteiger partial charge in [-0.05, 0) is 24.4 Å². The van der Waals surface area contributed by atoms with Crippen LogP contribution >= 0.6 is 12.2 Å². The number of benzene rings is 1. The number of nitrogens with one attached hydrogen (secondary N) is 1. The van der Waals surface area contributed by atoms with Crippen molar-refractivity contribution in [3.63, 3.8) is 0 Å². The highest BCUT2D eigenvalue weighted by Crippen LogP contribution is 2.25. The molecule has 80 valence electrons. The minimum atomic E-state index is 0.357. The van der Waals surface area contributed by atoms with E-state index in [1.165, 1.54) is 4.68 Å². The highest BCUT2D eigenvalue weighted by molar-refractivity contribution is 7.71. The minimum Gasteiger partial charge on any atom is -0.453 e. The molecule has 1 aromatic carbocycles. The lowest BCUT2D eigenvalue weighted by molar-refractivity contribution is 0.622. The van der Waals surface area contributed by atoms with Crippen LogP contribution in [0.5, 0.6) is 0 Å². The average molecular weight is 232 g/mol. The van der Waals surface area contributed by atoms with Crippen LogP contribution in [0.15, 0.2) is 34.7 Å². The number of para-hydroxylation sites is 1. The maximum atomic E-state index is 5.72. The maximum absolute atomic E-state index is 5.72. The van der Waals surface area contributed by atoms with Crippen molar-refractivity contribution in [2.75, 3.05) is 5.84 Å². The summed E-state index contributed by atoms with van der Waals surface area (Å²) in [5, 5.41) is 7.62. The van der Waals surface area contributed by atoms with Crippen LogP contribution in [0, 0.1) is 4.77 Å². The SMILES string of the molecule is Nn1c(-c2cc3ccccc3o2)n[nH]c1=S. The highest BCUT2D eigenvalue weighted by atomic mass is 32.1. The number of H-pyrrole nitrogens is 1. The van der Waals surface area contributed by atoms with Crippen LogP contribution in [0.25, 0.3) is 22.6 Å². The Hall–Kier alpha value is -2.08. The molecule has 0 fully saturated rings. The van der Waals surface area contributed by atoms with Crippen LogP contribution in [0.4, 0.5) is 0 Å². The zero-order valence-corrected chi connectivity index (χ0v) is 8.99. The van der Waals surface area contributed by atoms with Crippen molar-refractivity contribution in [2.24, 2.45) is 0 Å². The lowest BCUT2D eigenvalue weighted by atomic mass is 10.2. The molecule has 0 saturated heterocycles. The third-order valence-corrected chi connectivity index (χ3v) is 2.64. The molecule has 5 nitrogen and oxygen atoms in total. The molecule has 0 aliphatic heterocycles. The number of nitrogen functional groups attached to an aromatic ring is 1. The molecule has 0 atom stereocenters. The number of fused-ring (bicyclic) bond motifs is 1. The van der Waals surface area contributed by atoms with Crippen LogP contribution in [0.2, 0.25) is 0 Å². The van der Waals surface area contributed by atoms with E-state index >= 15 is 0 Å². The predicted molar refractivity (Wildman–Crippen MR) is 62.8 cm³/mol. The number of nitrogens with two attached hydrogens (primary N) is 1. The molecule has 6 heteroatoms. The minimum absolute atomic E-state index is 0.357. The number of rotatable bonds is 1. The summed E-state index contributed by atoms with van der Waals surface area (Å²) in [6.07, 6.45) is 0. The lowest BCUT2D eigenvalue weighted by Gasteiger charge is -1.93. The first-order chi connectivity index (χ1) is 7.75. The van der Waals surface area contributed by atoms with E-state index in [2.05, 4.69) is 10.2 Å². The number of nitrogens with zero attached hydrogens (tertiary/aromatic N) is 2. The zero-order valence-electron chi connectivity index (χ0n) is 8.18. The van der Waals surface area contributed by atoms with E-state index in [-0.39, 0.29) is 0 Å². The van der Waals surface area contributed by atoms with E-state index in [1.54, 1.807) is 0 Å². The van der Waals surface area contributed by atoms with Crippen molar-refractivity contribution < 1.29 is 4.42 Å². The molecular formula is C10H8N4OS. The van der Waals surface area contributed by atoms with Crippen LogP contribution in [0.3, 0.4) is 0 Å². The van der Waals surface area contributed by atoms with Crippen molar-refractivity contribution in [2.45, 2.75) is 0 Å². The van der Waals surface area contributed by atoms with E-state index in [1.807, 2.05) is 30.3 Å². The van der Waals surface area contributed by atoms with Crippen LogP contribution in [-0.4, -0.2) is 14.9 Å². The van der Waals surface area contributed by atoms with Crippen molar-refractivity contribution in [1.82, 2.24) is 14.9 Å². The molecule has 0 unspecified atom stereocenters. The number of furan rings is 1. The Morgan fingerprint density at radius 3 is 2.88 bits per heavy atom. The smallest absolute Gasteiger partial charge is 0.216 e. The maximum Gasteiger partial charge on any atom is 0.216 e. The number of hydrogen-bond donors (Lipinski definition) is 2. The largest absolute Gasteiger partial charge is 0.453 e. The summed E-state index contributed by atoms with van der Waals surface area (Å²) in [6.45, 7) is 0. The van der Waals surface area contributed by atoms with Crippen LogP contribution < -0.4 is 5.84 Å². The molecule has 0 aliphatic rings. The molecule has 0 spiro atoms. The monoisotopic (exact) mass is 232 g/mol. The molecule has 3 aromatic rings. The Kier molecular flexibility index (Phi) is 1.84. The summed E-state index contributed by atoms with van der Waals surface area (Å²) < 4.78 is 7.26. The fraction of sp³-hybridized carbons (Fsp3) is 0. The Labute approximate surface area is 95.5 Å². The summed E-state index contributed by atoms with van der Waals surface area (Å²) in [4.78, 5) is 0. The number of hydrogen-bond acceptors (Lipinski definition) is 4. The van der Waals surface area contributed by atoms with Gasteiger partial charge in [0.15, 0.2) is 5.76 Å². The van der Waals surface area contributed by atoms with Crippen molar-refractivity contribution >= 4 is 23.2 Å². The average Bonchev–Trinajstić information content (AvgIpc) is 2.84. The highest BCUT2D eigenvalue weighted by Gasteiger charge is 2.11. The first-order valence-corrected chi connectivity index (χ1v) is 5.08. The summed E-state index contributed by atoms with van der Waals surface area (Å²) >= 11 is 4.93. The topological polar surface area (TPSA) is 72.8 Å². The van der Waals surface area contributed by atoms with Crippen LogP contribution in [0.1, 0.15) is 0 Å². The van der Waals surface area contributed by atoms with E-state index in [9.17, 15) is 0 Å². The second-order valence-electron chi connectivity index (χ2n) is 3.37. The first kappa shape index (κ1) is 9.17. The molecule has 2 aromatic heterocycles. The Balaban J connectivity index is 2.26. The molecule has 3 rings (SSSR count). The fourth-order valence-electron chi connectivity index (χ4n) is 1.57. The Morgan fingerprint density at radius 1 is 1.38 bits per heavy atom. The van der Waals surface area contributed by atoms with Crippen molar-refractivity contribution in [1.29, 1.82) is 0 Å². The first-order valence-electron chi connectivity index (χ1n) is 4.67. The summed E-state index contributed by atoms with van der Waals surface area (Å²) in [7, 11) is 0. The molecule has 3 N–H and O–H groups in total. The van der Waals surface area contributed by atoms with E-state index in [0.717, 1.165) is 11.0 Å². The molecule has 0 amide bonds. The third-order valence-electron chi connectivity index (χ3n) is 2.35. The number of aromatic nitrogens is 3. The Bertz CT molecular complexity index is 676. The number of aromatic amines is 1. The fourth-order valence-corrected chi connectivity index (χ4v) is 1.70. The molecule has 16 heavy (non-hydrogen) atoms. The molecule has 0 radical (unpaired) electrons. The van der Waals surface area contributed by atoms with Gasteiger partial charge in [-0.1, -0.05) is 18.2 Å². The molecule has 0 bridgehead atoms. The van der Waals surface area contributed by atoms with Crippen molar-refractivity contribution in [3.8, 4) is 11.6 Å². The standard InChI is InChI=1S/C10H8N4OS/c11-14-9(12-13-10(14)16)8-5-6-3-1-2-4-7(6)15-8/h1-5H,11H2,(H,13,16). The van der Waals surface area contributed by atoms with Gasteiger partial charge in [-0.15, -0.1) is 5.10 Å². The normalized spacial score (nSPS) is 11.0. The van der Waals surface area contributed by atoms with E-state index in [0.29, 0.717) is 16.4 Å². The molecule has 2 heterocycles. The van der Waals surface area contributed by atoms with E-state index < -0.39 is 0 Å². The Morgan fingerprint density at radius 2 is 2.19 bits per heavy atom. The van der Waals surface area contributed by atoms with Crippen molar-refractivity contribution in [3.05, 3.63) is 35.1 Å². The van der Waals surface area contributed by atoms with Gasteiger partial charge >= 0.3 is 0 Å². The van der Waals surface area contributed by atoms with Gasteiger partial charge in [-0.25, -0.2) is 9.77 Å². The summed E-state index contributed by atoms with van der Waals surface area (Å²) in [5.74, 6) is 6.80. The second kappa shape index (κ2) is 3.21. The summed E-state index contributed by atoms with van der Waals surface area (Å²) in [6, 6.07) is 9.59. The lowest BCUT2D eigenvalue weighted by Crippen LogP contribution is -2.09. The molecule has 0 saturated carbocycles. The van der Waals surface area contributed by atoms with Crippen LogP contribution in [-0.2, 0) is 0 Å². The van der Waals surface area contributed by atoms with Gasteiger partial charge in [-0.2, -0.15) is 0 Å². The third kappa shape index (κ3) is 1.24. The van der Waals surface area contributed by atoms with Gasteiger partial charge in [0.2, 0.25) is 10.6 Å². The summed E-state index contributed by atoms with van der Waals surface area (Å²) in [5.41, 5.74) is 0.798. The molecular weight excluding hydrogens is 224 g/mol. The quantitative estimate of drug-likeness (QED) is 0.497. The molecule has 0 aliphatic carbocycles. The van der Waals surface area contributed by atoms with Gasteiger partial charge in [0.05, 0.1) is 0 Å². The zero-order chi connectivity index (χ0) is 11.1. The van der Waals surface area contributed by atoms with E-state index in [4.69, 9.17) is 22.5 Å².